The average Bonchev–Trinajstić information content (AvgIpc) is 3.20. The lowest BCUT2D eigenvalue weighted by molar-refractivity contribution is -0.192. The van der Waals surface area contributed by atoms with Gasteiger partial charge < -0.3 is 10.4 Å². The predicted octanol–water partition coefficient (Wildman–Crippen LogP) is 4.26. The van der Waals surface area contributed by atoms with Gasteiger partial charge in [-0.2, -0.15) is 18.3 Å². The van der Waals surface area contributed by atoms with Crippen LogP contribution >= 0.6 is 0 Å². The third-order valence-electron chi connectivity index (χ3n) is 4.98. The maximum Gasteiger partial charge on any atom is 0.490 e. The first-order chi connectivity index (χ1) is 15.6. The lowest BCUT2D eigenvalue weighted by atomic mass is 10.00. The second-order valence-corrected chi connectivity index (χ2v) is 7.52. The highest BCUT2D eigenvalue weighted by atomic mass is 19.4. The number of carboxylic acids is 1. The second-order valence-electron chi connectivity index (χ2n) is 7.52. The number of halogens is 3. The zero-order chi connectivity index (χ0) is 24.0. The van der Waals surface area contributed by atoms with Gasteiger partial charge in [0.1, 0.15) is 5.69 Å². The SMILES string of the molecule is CC1CCCCc2cc(ccn2)-c2nn(-c3cccnc3)cc2NC1=O.O=C(O)C(F)(F)F. The minimum atomic E-state index is -5.08. The molecule has 0 saturated heterocycles. The standard InChI is InChI=1S/C20H21N5O.C2HF3O2/c1-14-5-2-3-6-16-11-15(8-10-22-16)19-18(23-20(14)26)13-25(24-19)17-7-4-9-21-12-17;3-2(4,5)1(6)7/h4,7-14H,2-3,5-6H2,1H3,(H,23,26);(H,6,7). The minimum absolute atomic E-state index is 0.0321. The summed E-state index contributed by atoms with van der Waals surface area (Å²) in [6.07, 6.45) is 5.89. The van der Waals surface area contributed by atoms with E-state index in [9.17, 15) is 18.0 Å². The second kappa shape index (κ2) is 10.2. The number of rotatable bonds is 1. The molecule has 174 valence electrons. The Hall–Kier alpha value is -3.76. The number of nitrogens with one attached hydrogen (secondary N) is 1. The molecule has 3 aromatic heterocycles. The molecule has 0 saturated carbocycles. The normalized spacial score (nSPS) is 16.2. The van der Waals surface area contributed by atoms with Crippen LogP contribution in [0.1, 0.15) is 31.9 Å². The molecule has 11 heteroatoms. The molecule has 4 rings (SSSR count). The monoisotopic (exact) mass is 461 g/mol. The van der Waals surface area contributed by atoms with Crippen LogP contribution in [0, 0.1) is 5.92 Å². The van der Waals surface area contributed by atoms with E-state index in [1.807, 2.05) is 37.5 Å². The number of amides is 1. The van der Waals surface area contributed by atoms with E-state index in [0.29, 0.717) is 5.69 Å². The maximum absolute atomic E-state index is 12.6. The highest BCUT2D eigenvalue weighted by molar-refractivity contribution is 5.95. The Balaban J connectivity index is 0.000000383. The molecule has 1 aliphatic rings. The molecule has 0 fully saturated rings. The van der Waals surface area contributed by atoms with Crippen LogP contribution in [-0.4, -0.2) is 42.9 Å². The van der Waals surface area contributed by atoms with Crippen molar-refractivity contribution < 1.29 is 27.9 Å². The summed E-state index contributed by atoms with van der Waals surface area (Å²) in [7, 11) is 0. The Kier molecular flexibility index (Phi) is 7.41. The third-order valence-corrected chi connectivity index (χ3v) is 4.98. The van der Waals surface area contributed by atoms with E-state index in [2.05, 4.69) is 21.4 Å². The minimum Gasteiger partial charge on any atom is -0.475 e. The highest BCUT2D eigenvalue weighted by Gasteiger charge is 2.38. The molecule has 0 aromatic carbocycles. The Morgan fingerprint density at radius 1 is 1.24 bits per heavy atom. The predicted molar refractivity (Wildman–Crippen MR) is 114 cm³/mol. The van der Waals surface area contributed by atoms with Crippen molar-refractivity contribution in [1.29, 1.82) is 0 Å². The summed E-state index contributed by atoms with van der Waals surface area (Å²) in [5.74, 6) is -2.75. The fourth-order valence-electron chi connectivity index (χ4n) is 3.21. The Morgan fingerprint density at radius 2 is 2.00 bits per heavy atom. The maximum atomic E-state index is 12.6. The van der Waals surface area contributed by atoms with Crippen molar-refractivity contribution in [2.75, 3.05) is 5.32 Å². The van der Waals surface area contributed by atoms with Gasteiger partial charge in [-0.05, 0) is 43.5 Å². The van der Waals surface area contributed by atoms with Crippen molar-refractivity contribution in [3.05, 3.63) is 54.7 Å². The fraction of sp³-hybridized carbons (Fsp3) is 0.318. The van der Waals surface area contributed by atoms with Crippen LogP contribution in [0.4, 0.5) is 18.9 Å². The summed E-state index contributed by atoms with van der Waals surface area (Å²) in [5.41, 5.74) is 4.33. The molecule has 1 atom stereocenters. The van der Waals surface area contributed by atoms with E-state index >= 15 is 0 Å². The molecule has 8 nitrogen and oxygen atoms in total. The van der Waals surface area contributed by atoms with Gasteiger partial charge >= 0.3 is 12.1 Å². The van der Waals surface area contributed by atoms with Gasteiger partial charge in [0.05, 0.1) is 23.8 Å². The Morgan fingerprint density at radius 3 is 2.67 bits per heavy atom. The van der Waals surface area contributed by atoms with Crippen molar-refractivity contribution in [2.45, 2.75) is 38.8 Å². The first-order valence-electron chi connectivity index (χ1n) is 10.2. The molecule has 0 spiro atoms. The van der Waals surface area contributed by atoms with Gasteiger partial charge in [-0.25, -0.2) is 9.48 Å². The molecule has 2 bridgehead atoms. The van der Waals surface area contributed by atoms with Crippen LogP contribution in [-0.2, 0) is 16.0 Å². The first-order valence-corrected chi connectivity index (χ1v) is 10.2. The molecule has 4 heterocycles. The number of hydrogen-bond acceptors (Lipinski definition) is 5. The molecule has 1 aliphatic heterocycles. The number of alkyl halides is 3. The van der Waals surface area contributed by atoms with Gasteiger partial charge in [-0.1, -0.05) is 13.3 Å². The van der Waals surface area contributed by atoms with Crippen molar-refractivity contribution in [1.82, 2.24) is 19.7 Å². The van der Waals surface area contributed by atoms with Gasteiger partial charge in [0, 0.05) is 29.6 Å². The number of pyridine rings is 2. The number of carboxylic acid groups (broad SMARTS) is 1. The van der Waals surface area contributed by atoms with E-state index < -0.39 is 12.1 Å². The number of fused-ring (bicyclic) bond motifs is 4. The number of aryl methyl sites for hydroxylation is 1. The van der Waals surface area contributed by atoms with Gasteiger partial charge in [0.2, 0.25) is 5.91 Å². The summed E-state index contributed by atoms with van der Waals surface area (Å²) in [5, 5.41) is 14.9. The largest absolute Gasteiger partial charge is 0.490 e. The number of aliphatic carboxylic acids is 1. The number of nitrogens with zero attached hydrogens (tertiary/aromatic N) is 4. The highest BCUT2D eigenvalue weighted by Crippen LogP contribution is 2.29. The van der Waals surface area contributed by atoms with Crippen molar-refractivity contribution in [3.8, 4) is 16.9 Å². The lowest BCUT2D eigenvalue weighted by Crippen LogP contribution is -2.21. The van der Waals surface area contributed by atoms with Crippen LogP contribution in [0.25, 0.3) is 16.9 Å². The van der Waals surface area contributed by atoms with Crippen LogP contribution in [0.3, 0.4) is 0 Å². The molecule has 33 heavy (non-hydrogen) atoms. The van der Waals surface area contributed by atoms with Crippen molar-refractivity contribution >= 4 is 17.6 Å². The zero-order valence-corrected chi connectivity index (χ0v) is 17.7. The van der Waals surface area contributed by atoms with Crippen LogP contribution in [0.2, 0.25) is 0 Å². The quantitative estimate of drug-likeness (QED) is 0.560. The number of anilines is 1. The molecular formula is C22H22F3N5O3. The van der Waals surface area contributed by atoms with Gasteiger partial charge in [-0.15, -0.1) is 0 Å². The molecule has 1 amide bonds. The van der Waals surface area contributed by atoms with Gasteiger partial charge in [0.15, 0.2) is 0 Å². The van der Waals surface area contributed by atoms with E-state index in [1.165, 1.54) is 0 Å². The summed E-state index contributed by atoms with van der Waals surface area (Å²) in [6.45, 7) is 1.98. The summed E-state index contributed by atoms with van der Waals surface area (Å²) in [6, 6.07) is 7.80. The number of hydrogen-bond donors (Lipinski definition) is 2. The third kappa shape index (κ3) is 6.37. The van der Waals surface area contributed by atoms with Crippen molar-refractivity contribution in [2.24, 2.45) is 5.92 Å². The van der Waals surface area contributed by atoms with Gasteiger partial charge in [0.25, 0.3) is 0 Å². The van der Waals surface area contributed by atoms with Crippen molar-refractivity contribution in [3.63, 3.8) is 0 Å². The lowest BCUT2D eigenvalue weighted by Gasteiger charge is -2.13. The zero-order valence-electron chi connectivity index (χ0n) is 17.7. The van der Waals surface area contributed by atoms with Crippen LogP contribution in [0.15, 0.2) is 49.1 Å². The van der Waals surface area contributed by atoms with E-state index in [0.717, 1.165) is 48.3 Å². The van der Waals surface area contributed by atoms with E-state index in [-0.39, 0.29) is 11.8 Å². The average molecular weight is 461 g/mol. The van der Waals surface area contributed by atoms with Gasteiger partial charge in [-0.3, -0.25) is 14.8 Å². The molecule has 3 aromatic rings. The Bertz CT molecular complexity index is 1120. The smallest absolute Gasteiger partial charge is 0.475 e. The number of carbonyl (C=O) groups is 2. The first kappa shape index (κ1) is 23.9. The summed E-state index contributed by atoms with van der Waals surface area (Å²) in [4.78, 5) is 30.1. The van der Waals surface area contributed by atoms with Crippen LogP contribution < -0.4 is 5.32 Å². The molecular weight excluding hydrogens is 439 g/mol. The molecule has 1 unspecified atom stereocenters. The molecule has 0 aliphatic carbocycles. The van der Waals surface area contributed by atoms with E-state index in [1.54, 1.807) is 17.1 Å². The summed E-state index contributed by atoms with van der Waals surface area (Å²) >= 11 is 0. The fourth-order valence-corrected chi connectivity index (χ4v) is 3.21. The van der Waals surface area contributed by atoms with Crippen LogP contribution in [0.5, 0.6) is 0 Å². The topological polar surface area (TPSA) is 110 Å². The number of carbonyl (C=O) groups excluding carboxylic acids is 1. The molecule has 2 N–H and O–H groups in total. The molecule has 0 radical (unpaired) electrons. The summed E-state index contributed by atoms with van der Waals surface area (Å²) < 4.78 is 33.5. The Labute approximate surface area is 187 Å². The van der Waals surface area contributed by atoms with E-state index in [4.69, 9.17) is 15.0 Å². The number of aromatic nitrogens is 4.